The summed E-state index contributed by atoms with van der Waals surface area (Å²) in [6, 6.07) is 3.45. The molecule has 0 spiro atoms. The Morgan fingerprint density at radius 1 is 1.50 bits per heavy atom. The molecule has 1 unspecified atom stereocenters. The highest BCUT2D eigenvalue weighted by Crippen LogP contribution is 2.36. The van der Waals surface area contributed by atoms with Gasteiger partial charge in [-0.15, -0.1) is 0 Å². The lowest BCUT2D eigenvalue weighted by atomic mass is 10.1. The number of amides is 2. The smallest absolute Gasteiger partial charge is 0.254 e. The maximum Gasteiger partial charge on any atom is 0.254 e. The summed E-state index contributed by atoms with van der Waals surface area (Å²) in [4.78, 5) is 24.9. The first-order valence-corrected chi connectivity index (χ1v) is 5.92. The SMILES string of the molecule is CCCN1C(=O)C(NC(C)=O)c2cc(F)ccc21. The van der Waals surface area contributed by atoms with E-state index in [4.69, 9.17) is 0 Å². The lowest BCUT2D eigenvalue weighted by Gasteiger charge is -2.16. The average Bonchev–Trinajstić information content (AvgIpc) is 2.54. The molecule has 1 aromatic rings. The van der Waals surface area contributed by atoms with Gasteiger partial charge in [-0.25, -0.2) is 4.39 Å². The normalized spacial score (nSPS) is 17.8. The Bertz CT molecular complexity index is 502. The number of hydrogen-bond acceptors (Lipinski definition) is 2. The van der Waals surface area contributed by atoms with Gasteiger partial charge in [0.2, 0.25) is 5.91 Å². The van der Waals surface area contributed by atoms with E-state index in [2.05, 4.69) is 5.32 Å². The zero-order valence-electron chi connectivity index (χ0n) is 10.4. The Balaban J connectivity index is 2.43. The Hall–Kier alpha value is -1.91. The van der Waals surface area contributed by atoms with Crippen LogP contribution in [0.25, 0.3) is 0 Å². The quantitative estimate of drug-likeness (QED) is 0.888. The van der Waals surface area contributed by atoms with Crippen molar-refractivity contribution in [2.45, 2.75) is 26.3 Å². The molecule has 18 heavy (non-hydrogen) atoms. The monoisotopic (exact) mass is 250 g/mol. The first-order chi connectivity index (χ1) is 8.54. The van der Waals surface area contributed by atoms with Crippen molar-refractivity contribution in [3.05, 3.63) is 29.6 Å². The second-order valence-corrected chi connectivity index (χ2v) is 4.33. The van der Waals surface area contributed by atoms with Crippen molar-refractivity contribution < 1.29 is 14.0 Å². The number of halogens is 1. The van der Waals surface area contributed by atoms with E-state index in [9.17, 15) is 14.0 Å². The number of fused-ring (bicyclic) bond motifs is 1. The van der Waals surface area contributed by atoms with E-state index in [-0.39, 0.29) is 11.8 Å². The third kappa shape index (κ3) is 2.08. The van der Waals surface area contributed by atoms with Crippen LogP contribution < -0.4 is 10.2 Å². The highest BCUT2D eigenvalue weighted by atomic mass is 19.1. The summed E-state index contributed by atoms with van der Waals surface area (Å²) in [5.41, 5.74) is 1.21. The van der Waals surface area contributed by atoms with E-state index in [1.54, 1.807) is 11.0 Å². The van der Waals surface area contributed by atoms with Crippen molar-refractivity contribution in [2.24, 2.45) is 0 Å². The molecule has 4 nitrogen and oxygen atoms in total. The van der Waals surface area contributed by atoms with Crippen LogP contribution in [0, 0.1) is 5.82 Å². The minimum absolute atomic E-state index is 0.201. The van der Waals surface area contributed by atoms with E-state index >= 15 is 0 Å². The van der Waals surface area contributed by atoms with E-state index < -0.39 is 11.9 Å². The van der Waals surface area contributed by atoms with Gasteiger partial charge in [0, 0.05) is 24.7 Å². The third-order valence-electron chi connectivity index (χ3n) is 2.90. The van der Waals surface area contributed by atoms with Gasteiger partial charge in [0.05, 0.1) is 0 Å². The van der Waals surface area contributed by atoms with Crippen LogP contribution in [-0.2, 0) is 9.59 Å². The molecule has 0 aromatic heterocycles. The number of nitrogens with one attached hydrogen (secondary N) is 1. The van der Waals surface area contributed by atoms with Gasteiger partial charge in [-0.2, -0.15) is 0 Å². The first kappa shape index (κ1) is 12.5. The summed E-state index contributed by atoms with van der Waals surface area (Å²) in [6.07, 6.45) is 0.801. The van der Waals surface area contributed by atoms with Gasteiger partial charge in [0.25, 0.3) is 5.91 Å². The van der Waals surface area contributed by atoms with Gasteiger partial charge >= 0.3 is 0 Å². The van der Waals surface area contributed by atoms with Crippen molar-refractivity contribution >= 4 is 17.5 Å². The molecule has 5 heteroatoms. The molecule has 0 aliphatic carbocycles. The molecule has 2 rings (SSSR count). The minimum Gasteiger partial charge on any atom is -0.341 e. The van der Waals surface area contributed by atoms with Crippen LogP contribution in [-0.4, -0.2) is 18.4 Å². The second kappa shape index (κ2) is 4.76. The summed E-state index contributed by atoms with van der Waals surface area (Å²) in [6.45, 7) is 3.87. The van der Waals surface area contributed by atoms with Crippen LogP contribution in [0.3, 0.4) is 0 Å². The molecule has 1 aliphatic heterocycles. The van der Waals surface area contributed by atoms with Crippen LogP contribution in [0.2, 0.25) is 0 Å². The van der Waals surface area contributed by atoms with Crippen molar-refractivity contribution in [1.82, 2.24) is 5.32 Å². The van der Waals surface area contributed by atoms with Crippen LogP contribution in [0.15, 0.2) is 18.2 Å². The fourth-order valence-corrected chi connectivity index (χ4v) is 2.21. The number of carbonyl (C=O) groups is 2. The second-order valence-electron chi connectivity index (χ2n) is 4.33. The molecule has 0 saturated carbocycles. The molecular formula is C13H15FN2O2. The van der Waals surface area contributed by atoms with Gasteiger partial charge in [-0.3, -0.25) is 9.59 Å². The molecule has 1 N–H and O–H groups in total. The Morgan fingerprint density at radius 3 is 2.83 bits per heavy atom. The predicted octanol–water partition coefficient (Wildman–Crippen LogP) is 1.76. The molecule has 2 amide bonds. The van der Waals surface area contributed by atoms with Crippen LogP contribution in [0.1, 0.15) is 31.9 Å². The van der Waals surface area contributed by atoms with Crippen molar-refractivity contribution in [1.29, 1.82) is 0 Å². The summed E-state index contributed by atoms with van der Waals surface area (Å²) in [5, 5.41) is 2.57. The van der Waals surface area contributed by atoms with Gasteiger partial charge in [0.15, 0.2) is 0 Å². The molecule has 1 aromatic carbocycles. The van der Waals surface area contributed by atoms with Crippen molar-refractivity contribution in [2.75, 3.05) is 11.4 Å². The molecule has 0 fully saturated rings. The number of carbonyl (C=O) groups excluding carboxylic acids is 2. The van der Waals surface area contributed by atoms with Gasteiger partial charge in [-0.05, 0) is 24.6 Å². The number of hydrogen-bond donors (Lipinski definition) is 1. The number of rotatable bonds is 3. The molecule has 1 aliphatic rings. The molecule has 1 atom stereocenters. The van der Waals surface area contributed by atoms with Gasteiger partial charge in [-0.1, -0.05) is 6.92 Å². The molecule has 96 valence electrons. The highest BCUT2D eigenvalue weighted by molar-refractivity contribution is 6.06. The van der Waals surface area contributed by atoms with Crippen LogP contribution >= 0.6 is 0 Å². The van der Waals surface area contributed by atoms with Gasteiger partial charge in [0.1, 0.15) is 11.9 Å². The largest absolute Gasteiger partial charge is 0.341 e. The van der Waals surface area contributed by atoms with Crippen molar-refractivity contribution in [3.8, 4) is 0 Å². The minimum atomic E-state index is -0.764. The fraction of sp³-hybridized carbons (Fsp3) is 0.385. The summed E-state index contributed by atoms with van der Waals surface area (Å²) >= 11 is 0. The van der Waals surface area contributed by atoms with E-state index in [1.807, 2.05) is 6.92 Å². The Morgan fingerprint density at radius 2 is 2.22 bits per heavy atom. The standard InChI is InChI=1S/C13H15FN2O2/c1-3-6-16-11-5-4-9(14)7-10(11)12(13(16)18)15-8(2)17/h4-5,7,12H,3,6H2,1-2H3,(H,15,17). The maximum atomic E-state index is 13.3. The van der Waals surface area contributed by atoms with Crippen LogP contribution in [0.5, 0.6) is 0 Å². The number of benzene rings is 1. The topological polar surface area (TPSA) is 49.4 Å². The van der Waals surface area contributed by atoms with E-state index in [0.717, 1.165) is 6.42 Å². The number of anilines is 1. The molecule has 0 radical (unpaired) electrons. The van der Waals surface area contributed by atoms with Gasteiger partial charge < -0.3 is 10.2 Å². The highest BCUT2D eigenvalue weighted by Gasteiger charge is 2.37. The lowest BCUT2D eigenvalue weighted by Crippen LogP contribution is -2.36. The first-order valence-electron chi connectivity index (χ1n) is 5.92. The fourth-order valence-electron chi connectivity index (χ4n) is 2.21. The van der Waals surface area contributed by atoms with Crippen molar-refractivity contribution in [3.63, 3.8) is 0 Å². The predicted molar refractivity (Wildman–Crippen MR) is 65.6 cm³/mol. The van der Waals surface area contributed by atoms with E-state index in [0.29, 0.717) is 17.8 Å². The summed E-state index contributed by atoms with van der Waals surface area (Å²) in [5.74, 6) is -0.912. The third-order valence-corrected chi connectivity index (χ3v) is 2.90. The average molecular weight is 250 g/mol. The Kier molecular flexibility index (Phi) is 3.32. The Labute approximate surface area is 105 Å². The summed E-state index contributed by atoms with van der Waals surface area (Å²) < 4.78 is 13.3. The zero-order chi connectivity index (χ0) is 13.3. The molecular weight excluding hydrogens is 235 g/mol. The van der Waals surface area contributed by atoms with E-state index in [1.165, 1.54) is 19.1 Å². The zero-order valence-corrected chi connectivity index (χ0v) is 10.4. The molecule has 0 bridgehead atoms. The molecule has 0 saturated heterocycles. The summed E-state index contributed by atoms with van der Waals surface area (Å²) in [7, 11) is 0. The van der Waals surface area contributed by atoms with Crippen LogP contribution in [0.4, 0.5) is 10.1 Å². The maximum absolute atomic E-state index is 13.3. The number of nitrogens with zero attached hydrogens (tertiary/aromatic N) is 1. The molecule has 1 heterocycles. The lowest BCUT2D eigenvalue weighted by molar-refractivity contribution is -0.126.